The summed E-state index contributed by atoms with van der Waals surface area (Å²) in [5, 5.41) is 0. The fraction of sp³-hybridized carbons (Fsp3) is 0.444. The number of hydrogen-bond donors (Lipinski definition) is 0. The first-order chi connectivity index (χ1) is 10.1. The van der Waals surface area contributed by atoms with Crippen molar-refractivity contribution in [2.45, 2.75) is 34.1 Å². The van der Waals surface area contributed by atoms with E-state index in [0.717, 1.165) is 30.8 Å². The SMILES string of the molecule is CC[C@@H]1C(=O)/C(=C/c2ccc(N(CC)CC)cc2)N=C1C. The van der Waals surface area contributed by atoms with Gasteiger partial charge in [0.2, 0.25) is 0 Å². The first kappa shape index (κ1) is 15.5. The number of Topliss-reactive ketones (excluding diaryl/α,β-unsaturated/α-hetero) is 1. The molecule has 0 aromatic heterocycles. The van der Waals surface area contributed by atoms with Gasteiger partial charge in [-0.05, 0) is 51.0 Å². The van der Waals surface area contributed by atoms with Gasteiger partial charge >= 0.3 is 0 Å². The lowest BCUT2D eigenvalue weighted by molar-refractivity contribution is -0.116. The average Bonchev–Trinajstić information content (AvgIpc) is 2.76. The van der Waals surface area contributed by atoms with Gasteiger partial charge in [0, 0.05) is 24.5 Å². The molecule has 0 saturated heterocycles. The lowest BCUT2D eigenvalue weighted by atomic mass is 9.97. The third-order valence-corrected chi connectivity index (χ3v) is 4.10. The van der Waals surface area contributed by atoms with Crippen molar-refractivity contribution in [3.63, 3.8) is 0 Å². The Labute approximate surface area is 127 Å². The fourth-order valence-corrected chi connectivity index (χ4v) is 2.80. The van der Waals surface area contributed by atoms with E-state index in [1.807, 2.05) is 19.9 Å². The second kappa shape index (κ2) is 6.70. The summed E-state index contributed by atoms with van der Waals surface area (Å²) in [6, 6.07) is 8.31. The molecule has 0 amide bonds. The van der Waals surface area contributed by atoms with E-state index in [-0.39, 0.29) is 11.7 Å². The maximum absolute atomic E-state index is 12.2. The predicted octanol–water partition coefficient (Wildman–Crippen LogP) is 3.94. The van der Waals surface area contributed by atoms with Crippen molar-refractivity contribution in [1.29, 1.82) is 0 Å². The summed E-state index contributed by atoms with van der Waals surface area (Å²) in [5.74, 6) is 0.133. The summed E-state index contributed by atoms with van der Waals surface area (Å²) in [7, 11) is 0. The van der Waals surface area contributed by atoms with E-state index in [0.29, 0.717) is 5.70 Å². The Kier molecular flexibility index (Phi) is 4.94. The second-order valence-corrected chi connectivity index (χ2v) is 5.37. The normalized spacial score (nSPS) is 20.0. The Morgan fingerprint density at radius 2 is 1.76 bits per heavy atom. The number of ketones is 1. The van der Waals surface area contributed by atoms with Crippen molar-refractivity contribution in [3.05, 3.63) is 35.5 Å². The predicted molar refractivity (Wildman–Crippen MR) is 89.9 cm³/mol. The number of benzene rings is 1. The molecular formula is C18H24N2O. The van der Waals surface area contributed by atoms with Crippen LogP contribution in [0.2, 0.25) is 0 Å². The Balaban J connectivity index is 2.21. The molecule has 1 aliphatic heterocycles. The molecule has 0 aliphatic carbocycles. The van der Waals surface area contributed by atoms with E-state index in [9.17, 15) is 4.79 Å². The summed E-state index contributed by atoms with van der Waals surface area (Å²) in [5.41, 5.74) is 3.78. The third-order valence-electron chi connectivity index (χ3n) is 4.10. The van der Waals surface area contributed by atoms with Crippen LogP contribution in [0, 0.1) is 5.92 Å². The molecule has 1 aliphatic rings. The number of hydrogen-bond acceptors (Lipinski definition) is 3. The van der Waals surface area contributed by atoms with Crippen molar-refractivity contribution in [2.75, 3.05) is 18.0 Å². The second-order valence-electron chi connectivity index (χ2n) is 5.37. The minimum atomic E-state index is -0.0220. The van der Waals surface area contributed by atoms with E-state index in [4.69, 9.17) is 0 Å². The van der Waals surface area contributed by atoms with E-state index in [2.05, 4.69) is 48.0 Å². The fourth-order valence-electron chi connectivity index (χ4n) is 2.80. The number of anilines is 1. The Morgan fingerprint density at radius 1 is 1.14 bits per heavy atom. The highest BCUT2D eigenvalue weighted by atomic mass is 16.1. The zero-order valence-electron chi connectivity index (χ0n) is 13.4. The first-order valence-corrected chi connectivity index (χ1v) is 7.76. The molecule has 0 bridgehead atoms. The molecule has 0 saturated carbocycles. The molecule has 0 unspecified atom stereocenters. The Hall–Kier alpha value is -1.90. The highest BCUT2D eigenvalue weighted by molar-refractivity contribution is 6.19. The van der Waals surface area contributed by atoms with Crippen molar-refractivity contribution in [2.24, 2.45) is 10.9 Å². The molecule has 1 atom stereocenters. The number of carbonyl (C=O) groups excluding carboxylic acids is 1. The van der Waals surface area contributed by atoms with Crippen LogP contribution in [0.3, 0.4) is 0 Å². The van der Waals surface area contributed by atoms with Crippen LogP contribution in [0.15, 0.2) is 35.0 Å². The van der Waals surface area contributed by atoms with Gasteiger partial charge < -0.3 is 4.90 Å². The van der Waals surface area contributed by atoms with E-state index in [1.54, 1.807) is 0 Å². The van der Waals surface area contributed by atoms with Gasteiger partial charge in [-0.1, -0.05) is 19.1 Å². The van der Waals surface area contributed by atoms with Gasteiger partial charge in [0.05, 0.1) is 5.92 Å². The number of allylic oxidation sites excluding steroid dienone is 1. The Bertz CT molecular complexity index is 565. The van der Waals surface area contributed by atoms with Crippen LogP contribution in [0.1, 0.15) is 39.7 Å². The van der Waals surface area contributed by atoms with Crippen LogP contribution in [-0.4, -0.2) is 24.6 Å². The van der Waals surface area contributed by atoms with Crippen molar-refractivity contribution >= 4 is 23.3 Å². The summed E-state index contributed by atoms with van der Waals surface area (Å²) in [6.45, 7) is 10.3. The molecule has 1 aromatic carbocycles. The van der Waals surface area contributed by atoms with Crippen LogP contribution in [-0.2, 0) is 4.79 Å². The number of carbonyl (C=O) groups is 1. The molecule has 0 spiro atoms. The van der Waals surface area contributed by atoms with Gasteiger partial charge in [-0.3, -0.25) is 9.79 Å². The van der Waals surface area contributed by atoms with E-state index >= 15 is 0 Å². The number of aliphatic imine (C=N–C) groups is 1. The lowest BCUT2D eigenvalue weighted by Gasteiger charge is -2.20. The number of rotatable bonds is 5. The standard InChI is InChI=1S/C18H24N2O/c1-5-16-13(4)19-17(18(16)21)12-14-8-10-15(11-9-14)20(6-2)7-3/h8-12,16H,5-7H2,1-4H3/b17-12-/t16-/m0/s1. The number of nitrogens with zero attached hydrogens (tertiary/aromatic N) is 2. The van der Waals surface area contributed by atoms with Gasteiger partial charge in [-0.15, -0.1) is 0 Å². The van der Waals surface area contributed by atoms with Crippen molar-refractivity contribution in [3.8, 4) is 0 Å². The molecule has 0 fully saturated rings. The lowest BCUT2D eigenvalue weighted by Crippen LogP contribution is -2.21. The molecule has 0 radical (unpaired) electrons. The zero-order valence-corrected chi connectivity index (χ0v) is 13.4. The van der Waals surface area contributed by atoms with Crippen LogP contribution in [0.25, 0.3) is 6.08 Å². The minimum Gasteiger partial charge on any atom is -0.372 e. The van der Waals surface area contributed by atoms with Gasteiger partial charge in [0.25, 0.3) is 0 Å². The quantitative estimate of drug-likeness (QED) is 0.767. The maximum atomic E-state index is 12.2. The summed E-state index contributed by atoms with van der Waals surface area (Å²) >= 11 is 0. The molecule has 0 N–H and O–H groups in total. The van der Waals surface area contributed by atoms with Crippen LogP contribution < -0.4 is 4.90 Å². The smallest absolute Gasteiger partial charge is 0.189 e. The van der Waals surface area contributed by atoms with Gasteiger partial charge in [0.15, 0.2) is 5.78 Å². The highest BCUT2D eigenvalue weighted by Gasteiger charge is 2.29. The molecular weight excluding hydrogens is 260 g/mol. The summed E-state index contributed by atoms with van der Waals surface area (Å²) in [4.78, 5) is 19.0. The Morgan fingerprint density at radius 3 is 2.24 bits per heavy atom. The van der Waals surface area contributed by atoms with E-state index in [1.165, 1.54) is 5.69 Å². The molecule has 1 aromatic rings. The summed E-state index contributed by atoms with van der Waals surface area (Å²) < 4.78 is 0. The largest absolute Gasteiger partial charge is 0.372 e. The van der Waals surface area contributed by atoms with Crippen LogP contribution in [0.4, 0.5) is 5.69 Å². The summed E-state index contributed by atoms with van der Waals surface area (Å²) in [6.07, 6.45) is 2.72. The van der Waals surface area contributed by atoms with Gasteiger partial charge in [0.1, 0.15) is 5.70 Å². The van der Waals surface area contributed by atoms with Crippen molar-refractivity contribution in [1.82, 2.24) is 0 Å². The van der Waals surface area contributed by atoms with Gasteiger partial charge in [-0.25, -0.2) is 0 Å². The zero-order chi connectivity index (χ0) is 15.4. The first-order valence-electron chi connectivity index (χ1n) is 7.76. The third kappa shape index (κ3) is 3.23. The highest BCUT2D eigenvalue weighted by Crippen LogP contribution is 2.25. The monoisotopic (exact) mass is 284 g/mol. The molecule has 1 heterocycles. The molecule has 3 heteroatoms. The van der Waals surface area contributed by atoms with E-state index < -0.39 is 0 Å². The molecule has 112 valence electrons. The maximum Gasteiger partial charge on any atom is 0.189 e. The minimum absolute atomic E-state index is 0.0220. The molecule has 3 nitrogen and oxygen atoms in total. The van der Waals surface area contributed by atoms with Crippen molar-refractivity contribution < 1.29 is 4.79 Å². The molecule has 21 heavy (non-hydrogen) atoms. The van der Waals surface area contributed by atoms with Crippen LogP contribution >= 0.6 is 0 Å². The van der Waals surface area contributed by atoms with Gasteiger partial charge in [-0.2, -0.15) is 0 Å². The molecule has 2 rings (SSSR count). The average molecular weight is 284 g/mol. The topological polar surface area (TPSA) is 32.7 Å². The van der Waals surface area contributed by atoms with Crippen LogP contribution in [0.5, 0.6) is 0 Å².